The SMILES string of the molecule is C=Cc1cccc(C(C(=O)NCCC(=O)OCC)N(CC)C(=O)C(Cc2ccc(O)cc2)NC(=O)OC(C)(C)C)c1. The molecule has 2 rings (SSSR count). The Labute approximate surface area is 241 Å². The number of phenolic OH excluding ortho intramolecular Hbond substituents is 1. The molecule has 41 heavy (non-hydrogen) atoms. The third-order valence-corrected chi connectivity index (χ3v) is 5.94. The van der Waals surface area contributed by atoms with Crippen LogP contribution in [0.25, 0.3) is 6.08 Å². The van der Waals surface area contributed by atoms with E-state index in [1.54, 1.807) is 71.0 Å². The normalized spacial score (nSPS) is 12.4. The lowest BCUT2D eigenvalue weighted by Crippen LogP contribution is -2.53. The quantitative estimate of drug-likeness (QED) is 0.310. The number of amides is 3. The lowest BCUT2D eigenvalue weighted by Gasteiger charge is -2.34. The molecule has 2 aromatic carbocycles. The van der Waals surface area contributed by atoms with E-state index in [1.165, 1.54) is 17.0 Å². The standard InChI is InChI=1S/C31H41N3O7/c1-7-21-11-10-12-23(19-21)27(28(37)32-18-17-26(36)40-9-3)34(8-2)29(38)25(33-30(39)41-31(4,5)6)20-22-13-15-24(35)16-14-22/h7,10-16,19,25,27,35H,1,8-9,17-18,20H2,2-6H3,(H,32,37)(H,33,39). The highest BCUT2D eigenvalue weighted by atomic mass is 16.6. The molecular formula is C31H41N3O7. The highest BCUT2D eigenvalue weighted by Gasteiger charge is 2.35. The first-order chi connectivity index (χ1) is 19.4. The van der Waals surface area contributed by atoms with E-state index in [0.717, 1.165) is 5.56 Å². The number of ether oxygens (including phenoxy) is 2. The molecule has 2 unspecified atom stereocenters. The number of hydrogen-bond donors (Lipinski definition) is 3. The summed E-state index contributed by atoms with van der Waals surface area (Å²) in [6.45, 7) is 12.8. The molecule has 0 saturated carbocycles. The van der Waals surface area contributed by atoms with Crippen LogP contribution in [0.3, 0.4) is 0 Å². The smallest absolute Gasteiger partial charge is 0.408 e. The predicted octanol–water partition coefficient (Wildman–Crippen LogP) is 4.13. The second kappa shape index (κ2) is 15.4. The summed E-state index contributed by atoms with van der Waals surface area (Å²) in [6, 6.07) is 11.2. The van der Waals surface area contributed by atoms with Crippen LogP contribution in [0.2, 0.25) is 0 Å². The summed E-state index contributed by atoms with van der Waals surface area (Å²) in [7, 11) is 0. The van der Waals surface area contributed by atoms with Gasteiger partial charge in [-0.1, -0.05) is 43.0 Å². The molecule has 0 fully saturated rings. The molecule has 0 aromatic heterocycles. The molecule has 2 aromatic rings. The van der Waals surface area contributed by atoms with Crippen molar-refractivity contribution in [1.82, 2.24) is 15.5 Å². The number of aromatic hydroxyl groups is 1. The highest BCUT2D eigenvalue weighted by molar-refractivity contribution is 5.92. The van der Waals surface area contributed by atoms with Crippen molar-refractivity contribution in [2.24, 2.45) is 0 Å². The van der Waals surface area contributed by atoms with E-state index in [0.29, 0.717) is 11.1 Å². The van der Waals surface area contributed by atoms with Crippen LogP contribution in [0.1, 0.15) is 63.8 Å². The van der Waals surface area contributed by atoms with E-state index in [9.17, 15) is 24.3 Å². The first-order valence-corrected chi connectivity index (χ1v) is 13.6. The molecule has 0 radical (unpaired) electrons. The summed E-state index contributed by atoms with van der Waals surface area (Å²) < 4.78 is 10.4. The van der Waals surface area contributed by atoms with Crippen LogP contribution in [0.4, 0.5) is 4.79 Å². The Hall–Kier alpha value is -4.34. The molecule has 0 aliphatic carbocycles. The number of nitrogens with one attached hydrogen (secondary N) is 2. The molecule has 3 N–H and O–H groups in total. The van der Waals surface area contributed by atoms with Crippen molar-refractivity contribution in [3.05, 3.63) is 71.8 Å². The van der Waals surface area contributed by atoms with E-state index < -0.39 is 41.6 Å². The molecule has 0 heterocycles. The summed E-state index contributed by atoms with van der Waals surface area (Å²) in [5.41, 5.74) is 1.17. The van der Waals surface area contributed by atoms with E-state index >= 15 is 0 Å². The minimum atomic E-state index is -1.09. The fraction of sp³-hybridized carbons (Fsp3) is 0.419. The molecule has 0 aliphatic rings. The van der Waals surface area contributed by atoms with Crippen LogP contribution in [0.15, 0.2) is 55.1 Å². The number of likely N-dealkylation sites (N-methyl/N-ethyl adjacent to an activating group) is 1. The van der Waals surface area contributed by atoms with E-state index in [-0.39, 0.29) is 38.3 Å². The summed E-state index contributed by atoms with van der Waals surface area (Å²) in [4.78, 5) is 53.7. The van der Waals surface area contributed by atoms with Crippen molar-refractivity contribution in [2.75, 3.05) is 19.7 Å². The van der Waals surface area contributed by atoms with E-state index in [1.807, 2.05) is 6.07 Å². The van der Waals surface area contributed by atoms with Crippen molar-refractivity contribution >= 4 is 30.0 Å². The number of phenols is 1. The minimum Gasteiger partial charge on any atom is -0.508 e. The van der Waals surface area contributed by atoms with Gasteiger partial charge < -0.3 is 30.1 Å². The minimum absolute atomic E-state index is 0.0220. The summed E-state index contributed by atoms with van der Waals surface area (Å²) >= 11 is 0. The molecule has 0 spiro atoms. The van der Waals surface area contributed by atoms with Crippen molar-refractivity contribution in [2.45, 2.75) is 65.1 Å². The number of alkyl carbamates (subject to hydrolysis) is 1. The third-order valence-electron chi connectivity index (χ3n) is 5.94. The Morgan fingerprint density at radius 2 is 1.76 bits per heavy atom. The van der Waals surface area contributed by atoms with Gasteiger partial charge in [0.15, 0.2) is 0 Å². The number of nitrogens with zero attached hydrogens (tertiary/aromatic N) is 1. The van der Waals surface area contributed by atoms with Crippen LogP contribution in [0.5, 0.6) is 5.75 Å². The van der Waals surface area contributed by atoms with Crippen LogP contribution in [0, 0.1) is 0 Å². The number of hydrogen-bond acceptors (Lipinski definition) is 7. The average Bonchev–Trinajstić information content (AvgIpc) is 2.91. The van der Waals surface area contributed by atoms with Crippen molar-refractivity contribution in [1.29, 1.82) is 0 Å². The molecule has 3 amide bonds. The van der Waals surface area contributed by atoms with Crippen molar-refractivity contribution < 1.29 is 33.8 Å². The maximum Gasteiger partial charge on any atom is 0.408 e. The van der Waals surface area contributed by atoms with Gasteiger partial charge in [-0.3, -0.25) is 14.4 Å². The maximum absolute atomic E-state index is 14.1. The molecule has 222 valence electrons. The number of rotatable bonds is 13. The zero-order chi connectivity index (χ0) is 30.6. The summed E-state index contributed by atoms with van der Waals surface area (Å²) in [5.74, 6) is -1.39. The fourth-order valence-corrected chi connectivity index (χ4v) is 4.13. The van der Waals surface area contributed by atoms with E-state index in [2.05, 4.69) is 17.2 Å². The van der Waals surface area contributed by atoms with Gasteiger partial charge in [-0.2, -0.15) is 0 Å². The number of carbonyl (C=O) groups is 4. The van der Waals surface area contributed by atoms with Gasteiger partial charge >= 0.3 is 12.1 Å². The highest BCUT2D eigenvalue weighted by Crippen LogP contribution is 2.25. The van der Waals surface area contributed by atoms with Gasteiger partial charge in [0.2, 0.25) is 11.8 Å². The second-order valence-electron chi connectivity index (χ2n) is 10.3. The van der Waals surface area contributed by atoms with Crippen molar-refractivity contribution in [3.63, 3.8) is 0 Å². The van der Waals surface area contributed by atoms with E-state index in [4.69, 9.17) is 9.47 Å². The molecule has 10 heteroatoms. The maximum atomic E-state index is 14.1. The van der Waals surface area contributed by atoms with Crippen LogP contribution in [-0.4, -0.2) is 65.2 Å². The van der Waals surface area contributed by atoms with Crippen LogP contribution >= 0.6 is 0 Å². The third kappa shape index (κ3) is 10.6. The number of esters is 1. The van der Waals surface area contributed by atoms with Gasteiger partial charge in [-0.05, 0) is 69.5 Å². The first kappa shape index (κ1) is 32.9. The Bertz CT molecular complexity index is 1200. The zero-order valence-corrected chi connectivity index (χ0v) is 24.4. The average molecular weight is 568 g/mol. The zero-order valence-electron chi connectivity index (χ0n) is 24.4. The van der Waals surface area contributed by atoms with Crippen molar-refractivity contribution in [3.8, 4) is 5.75 Å². The van der Waals surface area contributed by atoms with Gasteiger partial charge in [0, 0.05) is 19.5 Å². The molecule has 10 nitrogen and oxygen atoms in total. The largest absolute Gasteiger partial charge is 0.508 e. The number of benzene rings is 2. The summed E-state index contributed by atoms with van der Waals surface area (Å²) in [6.07, 6.45) is 0.908. The van der Waals surface area contributed by atoms with Gasteiger partial charge in [0.1, 0.15) is 23.4 Å². The molecule has 0 bridgehead atoms. The van der Waals surface area contributed by atoms with Crippen LogP contribution < -0.4 is 10.6 Å². The Morgan fingerprint density at radius 1 is 1.07 bits per heavy atom. The molecular weight excluding hydrogens is 526 g/mol. The van der Waals surface area contributed by atoms with Gasteiger partial charge in [-0.25, -0.2) is 4.79 Å². The lowest BCUT2D eigenvalue weighted by molar-refractivity contribution is -0.144. The Balaban J connectivity index is 2.45. The molecule has 0 aliphatic heterocycles. The molecule has 2 atom stereocenters. The monoisotopic (exact) mass is 567 g/mol. The molecule has 0 saturated heterocycles. The van der Waals surface area contributed by atoms with Crippen LogP contribution in [-0.2, 0) is 30.3 Å². The Morgan fingerprint density at radius 3 is 2.34 bits per heavy atom. The van der Waals surface area contributed by atoms with Gasteiger partial charge in [0.25, 0.3) is 0 Å². The first-order valence-electron chi connectivity index (χ1n) is 13.6. The van der Waals surface area contributed by atoms with Gasteiger partial charge in [0.05, 0.1) is 13.0 Å². The van der Waals surface area contributed by atoms with Gasteiger partial charge in [-0.15, -0.1) is 0 Å². The number of carbonyl (C=O) groups excluding carboxylic acids is 4. The topological polar surface area (TPSA) is 134 Å². The fourth-order valence-electron chi connectivity index (χ4n) is 4.13. The lowest BCUT2D eigenvalue weighted by atomic mass is 9.99. The predicted molar refractivity (Wildman–Crippen MR) is 156 cm³/mol. The second-order valence-corrected chi connectivity index (χ2v) is 10.3. The summed E-state index contributed by atoms with van der Waals surface area (Å²) in [5, 5.41) is 15.1. The Kier molecular flexibility index (Phi) is 12.4.